The zero-order valence-corrected chi connectivity index (χ0v) is 14.8. The van der Waals surface area contributed by atoms with Crippen molar-refractivity contribution in [1.29, 1.82) is 0 Å². The van der Waals surface area contributed by atoms with Gasteiger partial charge in [0.05, 0.1) is 5.41 Å². The van der Waals surface area contributed by atoms with Gasteiger partial charge < -0.3 is 9.80 Å². The molecule has 0 radical (unpaired) electrons. The molecule has 1 saturated carbocycles. The highest BCUT2D eigenvalue weighted by atomic mass is 16.2. The first kappa shape index (κ1) is 16.6. The van der Waals surface area contributed by atoms with E-state index in [0.717, 1.165) is 50.8 Å². The first-order valence-corrected chi connectivity index (χ1v) is 9.65. The second-order valence-electron chi connectivity index (χ2n) is 7.96. The van der Waals surface area contributed by atoms with Crippen molar-refractivity contribution in [3.8, 4) is 0 Å². The fourth-order valence-corrected chi connectivity index (χ4v) is 4.89. The number of likely N-dealkylation sites (tertiary alicyclic amines) is 2. The molecular weight excluding hydrogens is 314 g/mol. The molecule has 25 heavy (non-hydrogen) atoms. The monoisotopic (exact) mass is 341 g/mol. The van der Waals surface area contributed by atoms with Crippen molar-refractivity contribution < 1.29 is 9.59 Å². The number of pyridine rings is 1. The quantitative estimate of drug-likeness (QED) is 0.849. The van der Waals surface area contributed by atoms with Gasteiger partial charge in [0, 0.05) is 44.5 Å². The fraction of sp³-hybridized carbons (Fsp3) is 0.650. The Morgan fingerprint density at radius 2 is 2.04 bits per heavy atom. The lowest BCUT2D eigenvalue weighted by Gasteiger charge is -2.39. The van der Waals surface area contributed by atoms with Crippen LogP contribution in [0.5, 0.6) is 0 Å². The Morgan fingerprint density at radius 1 is 1.20 bits per heavy atom. The summed E-state index contributed by atoms with van der Waals surface area (Å²) >= 11 is 0. The first-order chi connectivity index (χ1) is 12.2. The van der Waals surface area contributed by atoms with Gasteiger partial charge in [-0.15, -0.1) is 0 Å². The van der Waals surface area contributed by atoms with Crippen molar-refractivity contribution in [2.45, 2.75) is 51.5 Å². The lowest BCUT2D eigenvalue weighted by molar-refractivity contribution is -0.147. The molecule has 1 aromatic heterocycles. The predicted octanol–water partition coefficient (Wildman–Crippen LogP) is 2.61. The van der Waals surface area contributed by atoms with Crippen LogP contribution in [0.3, 0.4) is 0 Å². The summed E-state index contributed by atoms with van der Waals surface area (Å²) in [7, 11) is 0. The molecule has 0 bridgehead atoms. The molecule has 5 heteroatoms. The lowest BCUT2D eigenvalue weighted by atomic mass is 9.78. The number of piperidine rings is 1. The minimum atomic E-state index is -0.339. The van der Waals surface area contributed by atoms with E-state index in [9.17, 15) is 9.59 Å². The van der Waals surface area contributed by atoms with E-state index in [1.54, 1.807) is 6.20 Å². The van der Waals surface area contributed by atoms with Gasteiger partial charge in [-0.2, -0.15) is 0 Å². The molecule has 0 aromatic carbocycles. The van der Waals surface area contributed by atoms with E-state index in [1.165, 1.54) is 12.8 Å². The lowest BCUT2D eigenvalue weighted by Crippen LogP contribution is -2.50. The van der Waals surface area contributed by atoms with Crippen molar-refractivity contribution in [3.63, 3.8) is 0 Å². The summed E-state index contributed by atoms with van der Waals surface area (Å²) in [5.41, 5.74) is 0.735. The molecule has 2 aliphatic heterocycles. The van der Waals surface area contributed by atoms with Crippen LogP contribution in [-0.4, -0.2) is 46.2 Å². The number of amides is 2. The molecule has 3 aliphatic rings. The molecule has 0 N–H and O–H groups in total. The van der Waals surface area contributed by atoms with Crippen molar-refractivity contribution in [1.82, 2.24) is 14.8 Å². The molecule has 2 saturated heterocycles. The fourth-order valence-electron chi connectivity index (χ4n) is 4.89. The number of aromatic nitrogens is 1. The number of hydrogen-bond acceptors (Lipinski definition) is 3. The van der Waals surface area contributed by atoms with Crippen LogP contribution < -0.4 is 0 Å². The molecule has 134 valence electrons. The van der Waals surface area contributed by atoms with E-state index in [1.807, 2.05) is 28.1 Å². The van der Waals surface area contributed by atoms with Gasteiger partial charge in [-0.05, 0) is 43.7 Å². The smallest absolute Gasteiger partial charge is 0.230 e. The Kier molecular flexibility index (Phi) is 4.48. The molecule has 1 aromatic rings. The third-order valence-electron chi connectivity index (χ3n) is 6.29. The van der Waals surface area contributed by atoms with Crippen molar-refractivity contribution in [2.24, 2.45) is 11.3 Å². The van der Waals surface area contributed by atoms with Gasteiger partial charge in [0.15, 0.2) is 0 Å². The van der Waals surface area contributed by atoms with Crippen LogP contribution in [0.15, 0.2) is 24.5 Å². The molecule has 4 rings (SSSR count). The largest absolute Gasteiger partial charge is 0.341 e. The van der Waals surface area contributed by atoms with Crippen LogP contribution >= 0.6 is 0 Å². The van der Waals surface area contributed by atoms with Crippen molar-refractivity contribution >= 4 is 11.8 Å². The highest BCUT2D eigenvalue weighted by Crippen LogP contribution is 2.41. The molecule has 1 spiro atoms. The van der Waals surface area contributed by atoms with E-state index < -0.39 is 0 Å². The zero-order valence-electron chi connectivity index (χ0n) is 14.8. The third-order valence-corrected chi connectivity index (χ3v) is 6.29. The van der Waals surface area contributed by atoms with Gasteiger partial charge in [0.25, 0.3) is 0 Å². The SMILES string of the molecule is O=C(C1CCCC1)N1CCC2(CCCN(Cc3cccnc3)C2=O)C1. The highest BCUT2D eigenvalue weighted by Gasteiger charge is 2.49. The number of carbonyl (C=O) groups excluding carboxylic acids is 2. The van der Waals surface area contributed by atoms with Crippen LogP contribution in [0.25, 0.3) is 0 Å². The second-order valence-corrected chi connectivity index (χ2v) is 7.96. The summed E-state index contributed by atoms with van der Waals surface area (Å²) in [5, 5.41) is 0. The summed E-state index contributed by atoms with van der Waals surface area (Å²) < 4.78 is 0. The van der Waals surface area contributed by atoms with E-state index >= 15 is 0 Å². The Labute approximate surface area is 149 Å². The Hall–Kier alpha value is -1.91. The molecule has 2 amide bonds. The Balaban J connectivity index is 1.44. The van der Waals surface area contributed by atoms with Crippen LogP contribution in [0.2, 0.25) is 0 Å². The molecule has 1 aliphatic carbocycles. The average Bonchev–Trinajstić information content (AvgIpc) is 3.31. The van der Waals surface area contributed by atoms with Crippen LogP contribution in [-0.2, 0) is 16.1 Å². The average molecular weight is 341 g/mol. The minimum absolute atomic E-state index is 0.209. The van der Waals surface area contributed by atoms with Crippen LogP contribution in [0.4, 0.5) is 0 Å². The molecular formula is C20H27N3O2. The van der Waals surface area contributed by atoms with Gasteiger partial charge >= 0.3 is 0 Å². The van der Waals surface area contributed by atoms with Crippen molar-refractivity contribution in [2.75, 3.05) is 19.6 Å². The normalized spacial score (nSPS) is 27.4. The zero-order chi connectivity index (χ0) is 17.3. The second kappa shape index (κ2) is 6.77. The van der Waals surface area contributed by atoms with Gasteiger partial charge in [-0.1, -0.05) is 18.9 Å². The summed E-state index contributed by atoms with van der Waals surface area (Å²) in [5.74, 6) is 0.747. The Bertz CT molecular complexity index is 642. The Morgan fingerprint density at radius 3 is 2.80 bits per heavy atom. The van der Waals surface area contributed by atoms with E-state index in [4.69, 9.17) is 0 Å². The number of rotatable bonds is 3. The maximum Gasteiger partial charge on any atom is 0.230 e. The number of hydrogen-bond donors (Lipinski definition) is 0. The predicted molar refractivity (Wildman–Crippen MR) is 94.5 cm³/mol. The maximum atomic E-state index is 13.2. The van der Waals surface area contributed by atoms with Gasteiger partial charge in [-0.3, -0.25) is 14.6 Å². The minimum Gasteiger partial charge on any atom is -0.341 e. The molecule has 3 heterocycles. The number of carbonyl (C=O) groups is 2. The molecule has 1 unspecified atom stereocenters. The topological polar surface area (TPSA) is 53.5 Å². The van der Waals surface area contributed by atoms with Gasteiger partial charge in [-0.25, -0.2) is 0 Å². The van der Waals surface area contributed by atoms with E-state index in [0.29, 0.717) is 19.0 Å². The van der Waals surface area contributed by atoms with Gasteiger partial charge in [0.1, 0.15) is 0 Å². The van der Waals surface area contributed by atoms with Crippen LogP contribution in [0, 0.1) is 11.3 Å². The summed E-state index contributed by atoms with van der Waals surface area (Å²) in [4.78, 5) is 34.1. The molecule has 5 nitrogen and oxygen atoms in total. The standard InChI is InChI=1S/C20H27N3O2/c24-18(17-6-1-2-7-17)23-12-9-20(15-23)8-4-11-22(19(20)25)14-16-5-3-10-21-13-16/h3,5,10,13,17H,1-2,4,6-9,11-12,14-15H2. The highest BCUT2D eigenvalue weighted by molar-refractivity contribution is 5.86. The third kappa shape index (κ3) is 3.16. The summed E-state index contributed by atoms with van der Waals surface area (Å²) in [6.07, 6.45) is 10.8. The van der Waals surface area contributed by atoms with Crippen LogP contribution in [0.1, 0.15) is 50.5 Å². The maximum absolute atomic E-state index is 13.2. The van der Waals surface area contributed by atoms with Gasteiger partial charge in [0.2, 0.25) is 11.8 Å². The van der Waals surface area contributed by atoms with E-state index in [2.05, 4.69) is 4.98 Å². The molecule has 1 atom stereocenters. The van der Waals surface area contributed by atoms with E-state index in [-0.39, 0.29) is 17.2 Å². The number of nitrogens with zero attached hydrogens (tertiary/aromatic N) is 3. The summed E-state index contributed by atoms with van der Waals surface area (Å²) in [6, 6.07) is 3.93. The summed E-state index contributed by atoms with van der Waals surface area (Å²) in [6.45, 7) is 2.82. The van der Waals surface area contributed by atoms with Crippen molar-refractivity contribution in [3.05, 3.63) is 30.1 Å². The molecule has 3 fully saturated rings. The first-order valence-electron chi connectivity index (χ1n) is 9.65.